The molecule has 0 aliphatic carbocycles. The zero-order chi connectivity index (χ0) is 19.8. The molecule has 0 spiro atoms. The fourth-order valence-electron chi connectivity index (χ4n) is 3.06. The lowest BCUT2D eigenvalue weighted by atomic mass is 10.1. The summed E-state index contributed by atoms with van der Waals surface area (Å²) in [6.07, 6.45) is 3.26. The number of pyridine rings is 2. The minimum Gasteiger partial charge on any atom is -0.477 e. The molecule has 3 aromatic heterocycles. The number of rotatable bonds is 4. The number of anilines is 2. The third-order valence-corrected chi connectivity index (χ3v) is 4.39. The fourth-order valence-corrected chi connectivity index (χ4v) is 3.06. The number of carbonyl (C=O) groups is 2. The van der Waals surface area contributed by atoms with Crippen molar-refractivity contribution in [2.75, 3.05) is 19.4 Å². The quantitative estimate of drug-likeness (QED) is 0.505. The lowest BCUT2D eigenvalue weighted by molar-refractivity contribution is 0.0691. The van der Waals surface area contributed by atoms with Gasteiger partial charge in [-0.05, 0) is 30.3 Å². The maximum atomic E-state index is 12.2. The number of nitrogens with zero attached hydrogens (tertiary/aromatic N) is 3. The molecule has 0 aliphatic heterocycles. The Hall–Kier alpha value is -3.94. The summed E-state index contributed by atoms with van der Waals surface area (Å²) in [5, 5.41) is 14.1. The van der Waals surface area contributed by atoms with Crippen molar-refractivity contribution in [3.05, 3.63) is 60.0 Å². The number of fused-ring (bicyclic) bond motifs is 3. The van der Waals surface area contributed by atoms with Gasteiger partial charge in [-0.3, -0.25) is 9.78 Å². The summed E-state index contributed by atoms with van der Waals surface area (Å²) in [6, 6.07) is 10.4. The molecule has 8 heteroatoms. The van der Waals surface area contributed by atoms with Crippen LogP contribution in [0.1, 0.15) is 20.8 Å². The summed E-state index contributed by atoms with van der Waals surface area (Å²) in [4.78, 5) is 36.8. The molecule has 0 bridgehead atoms. The van der Waals surface area contributed by atoms with Gasteiger partial charge in [0, 0.05) is 42.3 Å². The smallest absolute Gasteiger partial charge is 0.352 e. The van der Waals surface area contributed by atoms with Crippen LogP contribution in [0.15, 0.2) is 48.8 Å². The largest absolute Gasteiger partial charge is 0.477 e. The number of amides is 1. The number of H-pyrrole nitrogens is 1. The fraction of sp³-hybridized carbons (Fsp3) is 0.100. The van der Waals surface area contributed by atoms with Crippen molar-refractivity contribution in [2.24, 2.45) is 0 Å². The zero-order valence-electron chi connectivity index (χ0n) is 15.2. The number of hydrogen-bond donors (Lipinski definition) is 3. The molecule has 0 radical (unpaired) electrons. The average Bonchev–Trinajstić information content (AvgIpc) is 3.14. The molecule has 0 atom stereocenters. The molecule has 1 aromatic carbocycles. The Balaban J connectivity index is 1.85. The van der Waals surface area contributed by atoms with Crippen molar-refractivity contribution in [2.45, 2.75) is 0 Å². The van der Waals surface area contributed by atoms with Crippen LogP contribution in [-0.2, 0) is 0 Å². The van der Waals surface area contributed by atoms with Gasteiger partial charge in [-0.15, -0.1) is 0 Å². The number of hydrogen-bond acceptors (Lipinski definition) is 5. The molecule has 0 aliphatic rings. The Bertz CT molecular complexity index is 1230. The normalized spacial score (nSPS) is 10.9. The van der Waals surface area contributed by atoms with Crippen LogP contribution in [0, 0.1) is 0 Å². The highest BCUT2D eigenvalue weighted by molar-refractivity contribution is 6.11. The number of nitrogens with one attached hydrogen (secondary N) is 2. The van der Waals surface area contributed by atoms with Crippen LogP contribution >= 0.6 is 0 Å². The maximum Gasteiger partial charge on any atom is 0.352 e. The second kappa shape index (κ2) is 6.66. The third kappa shape index (κ3) is 3.01. The predicted octanol–water partition coefficient (Wildman–Crippen LogP) is 3.25. The van der Waals surface area contributed by atoms with E-state index in [0.29, 0.717) is 28.1 Å². The van der Waals surface area contributed by atoms with E-state index < -0.39 is 5.97 Å². The number of carboxylic acid groups (broad SMARTS) is 1. The van der Waals surface area contributed by atoms with Crippen LogP contribution in [0.25, 0.3) is 21.8 Å². The molecule has 3 heterocycles. The molecule has 1 amide bonds. The molecule has 28 heavy (non-hydrogen) atoms. The van der Waals surface area contributed by atoms with Crippen molar-refractivity contribution >= 4 is 45.2 Å². The number of carbonyl (C=O) groups excluding carboxylic acids is 1. The number of aromatic carboxylic acids is 1. The highest BCUT2D eigenvalue weighted by atomic mass is 16.4. The van der Waals surface area contributed by atoms with Crippen LogP contribution in [0.5, 0.6) is 0 Å². The summed E-state index contributed by atoms with van der Waals surface area (Å²) in [5.74, 6) is -0.710. The van der Waals surface area contributed by atoms with Crippen LogP contribution in [0.4, 0.5) is 11.5 Å². The van der Waals surface area contributed by atoms with E-state index in [4.69, 9.17) is 0 Å². The third-order valence-electron chi connectivity index (χ3n) is 4.39. The van der Waals surface area contributed by atoms with Gasteiger partial charge in [-0.25, -0.2) is 9.78 Å². The monoisotopic (exact) mass is 375 g/mol. The van der Waals surface area contributed by atoms with Gasteiger partial charge in [-0.1, -0.05) is 6.07 Å². The Labute approximate surface area is 159 Å². The Morgan fingerprint density at radius 1 is 1.14 bits per heavy atom. The second-order valence-corrected chi connectivity index (χ2v) is 6.54. The van der Waals surface area contributed by atoms with E-state index >= 15 is 0 Å². The number of benzene rings is 1. The molecule has 0 unspecified atom stereocenters. The minimum absolute atomic E-state index is 0.0701. The van der Waals surface area contributed by atoms with Crippen molar-refractivity contribution in [3.63, 3.8) is 0 Å². The van der Waals surface area contributed by atoms with E-state index in [0.717, 1.165) is 10.8 Å². The maximum absolute atomic E-state index is 12.2. The van der Waals surface area contributed by atoms with Gasteiger partial charge in [0.2, 0.25) is 0 Å². The molecule has 8 nitrogen and oxygen atoms in total. The SMILES string of the molecule is CN(C)C(=O)c1cccc(Nc2nc3cnccc3c3cc(C(=O)O)[nH]c23)c1. The summed E-state index contributed by atoms with van der Waals surface area (Å²) in [7, 11) is 3.38. The van der Waals surface area contributed by atoms with Crippen LogP contribution < -0.4 is 5.32 Å². The minimum atomic E-state index is -1.05. The van der Waals surface area contributed by atoms with Crippen molar-refractivity contribution in [1.29, 1.82) is 0 Å². The average molecular weight is 375 g/mol. The van der Waals surface area contributed by atoms with Gasteiger partial charge >= 0.3 is 5.97 Å². The van der Waals surface area contributed by atoms with Crippen molar-refractivity contribution < 1.29 is 14.7 Å². The van der Waals surface area contributed by atoms with Crippen LogP contribution in [-0.4, -0.2) is 50.9 Å². The number of carboxylic acids is 1. The topological polar surface area (TPSA) is 111 Å². The van der Waals surface area contributed by atoms with E-state index in [-0.39, 0.29) is 11.6 Å². The van der Waals surface area contributed by atoms with Crippen molar-refractivity contribution in [3.8, 4) is 0 Å². The first-order valence-corrected chi connectivity index (χ1v) is 8.52. The molecule has 0 saturated carbocycles. The Kier molecular flexibility index (Phi) is 4.15. The van der Waals surface area contributed by atoms with E-state index in [2.05, 4.69) is 20.3 Å². The summed E-state index contributed by atoms with van der Waals surface area (Å²) in [6.45, 7) is 0. The van der Waals surface area contributed by atoms with Gasteiger partial charge in [-0.2, -0.15) is 0 Å². The molecule has 4 aromatic rings. The Morgan fingerprint density at radius 2 is 1.96 bits per heavy atom. The van der Waals surface area contributed by atoms with Crippen LogP contribution in [0.3, 0.4) is 0 Å². The zero-order valence-corrected chi connectivity index (χ0v) is 15.2. The lowest BCUT2D eigenvalue weighted by Crippen LogP contribution is -2.21. The second-order valence-electron chi connectivity index (χ2n) is 6.54. The van der Waals surface area contributed by atoms with E-state index in [9.17, 15) is 14.7 Å². The molecular formula is C20H17N5O3. The molecule has 0 saturated heterocycles. The summed E-state index contributed by atoms with van der Waals surface area (Å²) < 4.78 is 0. The van der Waals surface area contributed by atoms with E-state index in [1.54, 1.807) is 56.8 Å². The lowest BCUT2D eigenvalue weighted by Gasteiger charge is -2.13. The van der Waals surface area contributed by atoms with Gasteiger partial charge in [0.1, 0.15) is 5.69 Å². The highest BCUT2D eigenvalue weighted by Gasteiger charge is 2.16. The summed E-state index contributed by atoms with van der Waals surface area (Å²) in [5.41, 5.74) is 2.47. The molecule has 140 valence electrons. The van der Waals surface area contributed by atoms with Crippen molar-refractivity contribution in [1.82, 2.24) is 19.9 Å². The highest BCUT2D eigenvalue weighted by Crippen LogP contribution is 2.31. The van der Waals surface area contributed by atoms with Gasteiger partial charge in [0.15, 0.2) is 5.82 Å². The molecule has 3 N–H and O–H groups in total. The first kappa shape index (κ1) is 17.5. The van der Waals surface area contributed by atoms with Gasteiger partial charge in [0.25, 0.3) is 5.91 Å². The molecule has 0 fully saturated rings. The van der Waals surface area contributed by atoms with E-state index in [1.807, 2.05) is 6.07 Å². The molecule has 4 rings (SSSR count). The number of aromatic amines is 1. The Morgan fingerprint density at radius 3 is 2.71 bits per heavy atom. The predicted molar refractivity (Wildman–Crippen MR) is 106 cm³/mol. The van der Waals surface area contributed by atoms with Crippen LogP contribution in [0.2, 0.25) is 0 Å². The first-order valence-electron chi connectivity index (χ1n) is 8.52. The standard InChI is InChI=1S/C20H17N5O3/c1-25(2)19(26)11-4-3-5-12(8-11)22-18-17-14(9-15(23-17)20(27)28)13-6-7-21-10-16(13)24-18/h3-10,23H,1-2H3,(H,22,24)(H,27,28). The first-order chi connectivity index (χ1) is 13.4. The molecular weight excluding hydrogens is 358 g/mol. The van der Waals surface area contributed by atoms with E-state index in [1.165, 1.54) is 4.90 Å². The number of aromatic nitrogens is 3. The van der Waals surface area contributed by atoms with Gasteiger partial charge in [0.05, 0.1) is 17.2 Å². The van der Waals surface area contributed by atoms with Gasteiger partial charge < -0.3 is 20.3 Å². The summed E-state index contributed by atoms with van der Waals surface area (Å²) >= 11 is 0.